The Morgan fingerprint density at radius 3 is 2.40 bits per heavy atom. The normalized spacial score (nSPS) is 21.4. The van der Waals surface area contributed by atoms with E-state index >= 15 is 0 Å². The van der Waals surface area contributed by atoms with Crippen molar-refractivity contribution in [3.63, 3.8) is 0 Å². The second-order valence-electron chi connectivity index (χ2n) is 5.00. The van der Waals surface area contributed by atoms with Gasteiger partial charge in [-0.3, -0.25) is 4.79 Å². The molecule has 0 heterocycles. The Morgan fingerprint density at radius 1 is 1.10 bits per heavy atom. The number of rotatable bonds is 5. The van der Waals surface area contributed by atoms with Crippen LogP contribution in [0, 0.1) is 11.8 Å². The van der Waals surface area contributed by atoms with Gasteiger partial charge in [-0.1, -0.05) is 42.5 Å². The summed E-state index contributed by atoms with van der Waals surface area (Å²) in [6.07, 6.45) is 5.25. The molecule has 0 bridgehead atoms. The number of amides is 1. The maximum absolute atomic E-state index is 12.1. The summed E-state index contributed by atoms with van der Waals surface area (Å²) in [5.74, 6) is -2.56. The van der Waals surface area contributed by atoms with Crippen molar-refractivity contribution in [3.05, 3.63) is 48.0 Å². The molecule has 0 saturated carbocycles. The predicted molar refractivity (Wildman–Crippen MR) is 73.5 cm³/mol. The van der Waals surface area contributed by atoms with E-state index in [1.165, 1.54) is 0 Å². The topological polar surface area (TPSA) is 69.2 Å². The van der Waals surface area contributed by atoms with Gasteiger partial charge >= 0.3 is 0 Å². The highest BCUT2D eigenvalue weighted by atomic mass is 16.4. The molecule has 20 heavy (non-hydrogen) atoms. The van der Waals surface area contributed by atoms with Crippen LogP contribution in [0.15, 0.2) is 42.5 Å². The van der Waals surface area contributed by atoms with E-state index in [1.807, 2.05) is 36.4 Å². The molecule has 4 heteroatoms. The first-order valence-electron chi connectivity index (χ1n) is 6.86. The SMILES string of the molecule is O=C([O-])[C@H]1CC=CC[C@H]1C(=O)NCCc1ccccc1. The van der Waals surface area contributed by atoms with Gasteiger partial charge in [0.05, 0.1) is 0 Å². The van der Waals surface area contributed by atoms with Crippen LogP contribution in [0.4, 0.5) is 0 Å². The first kappa shape index (κ1) is 14.3. The Hall–Kier alpha value is -2.10. The first-order chi connectivity index (χ1) is 9.68. The molecule has 1 aromatic carbocycles. The minimum Gasteiger partial charge on any atom is -0.550 e. The van der Waals surface area contributed by atoms with Crippen molar-refractivity contribution in [2.45, 2.75) is 19.3 Å². The van der Waals surface area contributed by atoms with E-state index in [1.54, 1.807) is 6.08 Å². The van der Waals surface area contributed by atoms with Gasteiger partial charge in [0.1, 0.15) is 0 Å². The van der Waals surface area contributed by atoms with Crippen molar-refractivity contribution >= 4 is 11.9 Å². The van der Waals surface area contributed by atoms with Crippen LogP contribution in [-0.4, -0.2) is 18.4 Å². The lowest BCUT2D eigenvalue weighted by molar-refractivity contribution is -0.313. The Morgan fingerprint density at radius 2 is 1.75 bits per heavy atom. The lowest BCUT2D eigenvalue weighted by atomic mass is 9.82. The van der Waals surface area contributed by atoms with Crippen LogP contribution in [0.5, 0.6) is 0 Å². The minimum atomic E-state index is -1.14. The van der Waals surface area contributed by atoms with E-state index in [9.17, 15) is 14.7 Å². The van der Waals surface area contributed by atoms with E-state index in [4.69, 9.17) is 0 Å². The standard InChI is InChI=1S/C16H19NO3/c18-15(13-8-4-5-9-14(13)16(19)20)17-11-10-12-6-2-1-3-7-12/h1-7,13-14H,8-11H2,(H,17,18)(H,19,20)/p-1/t13-,14+/m1/s1. The third-order valence-corrected chi connectivity index (χ3v) is 3.63. The summed E-state index contributed by atoms with van der Waals surface area (Å²) >= 11 is 0. The van der Waals surface area contributed by atoms with Crippen LogP contribution in [-0.2, 0) is 16.0 Å². The summed E-state index contributed by atoms with van der Waals surface area (Å²) in [7, 11) is 0. The molecule has 1 aromatic rings. The van der Waals surface area contributed by atoms with Gasteiger partial charge in [0.2, 0.25) is 5.91 Å². The molecule has 0 saturated heterocycles. The summed E-state index contributed by atoms with van der Waals surface area (Å²) in [4.78, 5) is 23.1. The van der Waals surface area contributed by atoms with Crippen LogP contribution >= 0.6 is 0 Å². The largest absolute Gasteiger partial charge is 0.550 e. The van der Waals surface area contributed by atoms with Gasteiger partial charge in [0.15, 0.2) is 0 Å². The molecule has 0 radical (unpaired) electrons. The zero-order valence-electron chi connectivity index (χ0n) is 11.2. The van der Waals surface area contributed by atoms with Gasteiger partial charge in [-0.25, -0.2) is 0 Å². The number of carboxylic acid groups (broad SMARTS) is 1. The quantitative estimate of drug-likeness (QED) is 0.801. The molecule has 2 atom stereocenters. The van der Waals surface area contributed by atoms with Crippen LogP contribution in [0.3, 0.4) is 0 Å². The first-order valence-corrected chi connectivity index (χ1v) is 6.86. The van der Waals surface area contributed by atoms with Crippen molar-refractivity contribution in [1.82, 2.24) is 5.32 Å². The van der Waals surface area contributed by atoms with Gasteiger partial charge in [0.25, 0.3) is 0 Å². The van der Waals surface area contributed by atoms with Crippen molar-refractivity contribution in [2.24, 2.45) is 11.8 Å². The van der Waals surface area contributed by atoms with E-state index in [0.717, 1.165) is 12.0 Å². The summed E-state index contributed by atoms with van der Waals surface area (Å²) in [5.41, 5.74) is 1.15. The molecule has 0 aromatic heterocycles. The minimum absolute atomic E-state index is 0.195. The molecule has 1 N–H and O–H groups in total. The molecule has 106 valence electrons. The second kappa shape index (κ2) is 6.89. The maximum Gasteiger partial charge on any atom is 0.224 e. The Bertz CT molecular complexity index is 496. The molecule has 0 aliphatic heterocycles. The number of carboxylic acids is 1. The van der Waals surface area contributed by atoms with Gasteiger partial charge in [-0.15, -0.1) is 0 Å². The molecular formula is C16H18NO3-. The van der Waals surface area contributed by atoms with Gasteiger partial charge in [-0.05, 0) is 24.8 Å². The van der Waals surface area contributed by atoms with Crippen LogP contribution < -0.4 is 10.4 Å². The van der Waals surface area contributed by atoms with Crippen LogP contribution in [0.1, 0.15) is 18.4 Å². The van der Waals surface area contributed by atoms with Crippen LogP contribution in [0.2, 0.25) is 0 Å². The maximum atomic E-state index is 12.1. The fraction of sp³-hybridized carbons (Fsp3) is 0.375. The fourth-order valence-electron chi connectivity index (χ4n) is 2.47. The average Bonchev–Trinajstić information content (AvgIpc) is 2.48. The summed E-state index contributed by atoms with van der Waals surface area (Å²) in [6, 6.07) is 9.85. The van der Waals surface area contributed by atoms with Crippen molar-refractivity contribution in [3.8, 4) is 0 Å². The van der Waals surface area contributed by atoms with E-state index in [0.29, 0.717) is 19.4 Å². The molecule has 1 aliphatic carbocycles. The highest BCUT2D eigenvalue weighted by Gasteiger charge is 2.29. The zero-order valence-corrected chi connectivity index (χ0v) is 11.2. The number of hydrogen-bond acceptors (Lipinski definition) is 3. The smallest absolute Gasteiger partial charge is 0.224 e. The van der Waals surface area contributed by atoms with Crippen molar-refractivity contribution < 1.29 is 14.7 Å². The number of nitrogens with one attached hydrogen (secondary N) is 1. The molecule has 1 amide bonds. The number of allylic oxidation sites excluding steroid dienone is 2. The monoisotopic (exact) mass is 272 g/mol. The third kappa shape index (κ3) is 3.70. The molecule has 0 unspecified atom stereocenters. The summed E-state index contributed by atoms with van der Waals surface area (Å²) in [5, 5.41) is 13.9. The number of benzene rings is 1. The van der Waals surface area contributed by atoms with Gasteiger partial charge in [-0.2, -0.15) is 0 Å². The van der Waals surface area contributed by atoms with Gasteiger partial charge in [0, 0.05) is 24.3 Å². The summed E-state index contributed by atoms with van der Waals surface area (Å²) in [6.45, 7) is 0.517. The lowest BCUT2D eigenvalue weighted by Gasteiger charge is -2.28. The number of carbonyl (C=O) groups is 2. The molecule has 4 nitrogen and oxygen atoms in total. The molecule has 0 spiro atoms. The highest BCUT2D eigenvalue weighted by molar-refractivity contribution is 5.84. The third-order valence-electron chi connectivity index (χ3n) is 3.63. The second-order valence-corrected chi connectivity index (χ2v) is 5.00. The van der Waals surface area contributed by atoms with Crippen molar-refractivity contribution in [2.75, 3.05) is 6.54 Å². The Balaban J connectivity index is 1.85. The zero-order chi connectivity index (χ0) is 14.4. The molecule has 1 aliphatic rings. The van der Waals surface area contributed by atoms with E-state index < -0.39 is 17.8 Å². The highest BCUT2D eigenvalue weighted by Crippen LogP contribution is 2.25. The Kier molecular flexibility index (Phi) is 4.93. The average molecular weight is 272 g/mol. The molecule has 0 fully saturated rings. The fourth-order valence-corrected chi connectivity index (χ4v) is 2.47. The summed E-state index contributed by atoms with van der Waals surface area (Å²) < 4.78 is 0. The Labute approximate surface area is 118 Å². The number of hydrogen-bond donors (Lipinski definition) is 1. The van der Waals surface area contributed by atoms with Crippen LogP contribution in [0.25, 0.3) is 0 Å². The van der Waals surface area contributed by atoms with E-state index in [2.05, 4.69) is 5.32 Å². The van der Waals surface area contributed by atoms with Crippen molar-refractivity contribution in [1.29, 1.82) is 0 Å². The van der Waals surface area contributed by atoms with Gasteiger partial charge < -0.3 is 15.2 Å². The molecular weight excluding hydrogens is 254 g/mol. The van der Waals surface area contributed by atoms with E-state index in [-0.39, 0.29) is 5.91 Å². The molecule has 2 rings (SSSR count). The predicted octanol–water partition coefficient (Wildman–Crippen LogP) is 0.678. The lowest BCUT2D eigenvalue weighted by Crippen LogP contribution is -2.44. The number of aliphatic carboxylic acids is 1. The number of carbonyl (C=O) groups excluding carboxylic acids is 2.